The smallest absolute Gasteiger partial charge is 0.328 e. The van der Waals surface area contributed by atoms with E-state index in [2.05, 4.69) is 26.2 Å². The van der Waals surface area contributed by atoms with Crippen LogP contribution in [0.15, 0.2) is 20.3 Å². The molecule has 0 aliphatic heterocycles. The lowest BCUT2D eigenvalue weighted by Gasteiger charge is -2.33. The van der Waals surface area contributed by atoms with Crippen molar-refractivity contribution in [2.45, 2.75) is 32.9 Å². The van der Waals surface area contributed by atoms with Crippen LogP contribution in [0.25, 0.3) is 0 Å². The van der Waals surface area contributed by atoms with Gasteiger partial charge < -0.3 is 11.1 Å². The Kier molecular flexibility index (Phi) is 7.35. The zero-order valence-electron chi connectivity index (χ0n) is 12.1. The molecule has 21 heavy (non-hydrogen) atoms. The number of aromatic nitrogens is 2. The average Bonchev–Trinajstić information content (AvgIpc) is 2.35. The largest absolute Gasteiger partial charge is 0.348 e. The highest BCUT2D eigenvalue weighted by molar-refractivity contribution is 9.10. The molecule has 1 unspecified atom stereocenters. The maximum absolute atomic E-state index is 12.0. The van der Waals surface area contributed by atoms with Crippen molar-refractivity contribution in [3.63, 3.8) is 0 Å². The monoisotopic (exact) mass is 382 g/mol. The minimum absolute atomic E-state index is 0. The van der Waals surface area contributed by atoms with Crippen molar-refractivity contribution in [1.29, 1.82) is 0 Å². The molecule has 1 amide bonds. The topological polar surface area (TPSA) is 110 Å². The van der Waals surface area contributed by atoms with Gasteiger partial charge in [-0.25, -0.2) is 4.79 Å². The number of nitrogens with two attached hydrogens (primary N) is 1. The molecule has 120 valence electrons. The zero-order chi connectivity index (χ0) is 15.5. The quantitative estimate of drug-likeness (QED) is 0.675. The van der Waals surface area contributed by atoms with Gasteiger partial charge in [0.1, 0.15) is 6.54 Å². The normalized spacial score (nSPS) is 13.4. The van der Waals surface area contributed by atoms with E-state index < -0.39 is 16.8 Å². The highest BCUT2D eigenvalue weighted by Gasteiger charge is 2.28. The molecule has 0 saturated heterocycles. The van der Waals surface area contributed by atoms with Gasteiger partial charge in [0.2, 0.25) is 5.91 Å². The van der Waals surface area contributed by atoms with Crippen LogP contribution in [0.3, 0.4) is 0 Å². The third-order valence-corrected chi connectivity index (χ3v) is 3.97. The third kappa shape index (κ3) is 4.98. The van der Waals surface area contributed by atoms with E-state index >= 15 is 0 Å². The van der Waals surface area contributed by atoms with Gasteiger partial charge in [-0.15, -0.1) is 12.4 Å². The Bertz CT molecular complexity index is 613. The lowest BCUT2D eigenvalue weighted by molar-refractivity contribution is -0.124. The van der Waals surface area contributed by atoms with E-state index in [0.717, 1.165) is 4.57 Å². The number of hydrogen-bond donors (Lipinski definition) is 3. The molecular weight excluding hydrogens is 364 g/mol. The van der Waals surface area contributed by atoms with Crippen LogP contribution in [0.2, 0.25) is 0 Å². The fraction of sp³-hybridized carbons (Fsp3) is 0.583. The number of hydrogen-bond acceptors (Lipinski definition) is 4. The van der Waals surface area contributed by atoms with Crippen LogP contribution in [0.1, 0.15) is 20.8 Å². The minimum atomic E-state index is -0.632. The number of carbonyl (C=O) groups excluding carboxylic acids is 1. The number of carbonyl (C=O) groups is 1. The molecule has 0 aromatic carbocycles. The van der Waals surface area contributed by atoms with E-state index in [4.69, 9.17) is 5.73 Å². The van der Waals surface area contributed by atoms with E-state index in [9.17, 15) is 14.4 Å². The summed E-state index contributed by atoms with van der Waals surface area (Å²) in [5.74, 6) is -0.191. The zero-order valence-corrected chi connectivity index (χ0v) is 14.5. The molecule has 4 N–H and O–H groups in total. The van der Waals surface area contributed by atoms with E-state index in [1.807, 2.05) is 20.8 Å². The first-order valence-electron chi connectivity index (χ1n) is 6.20. The van der Waals surface area contributed by atoms with Crippen LogP contribution in [0.5, 0.6) is 0 Å². The molecule has 0 aliphatic carbocycles. The van der Waals surface area contributed by atoms with Gasteiger partial charge in [-0.3, -0.25) is 19.1 Å². The predicted octanol–water partition coefficient (Wildman–Crippen LogP) is 0.211. The summed E-state index contributed by atoms with van der Waals surface area (Å²) < 4.78 is 1.31. The van der Waals surface area contributed by atoms with Gasteiger partial charge in [-0.1, -0.05) is 13.8 Å². The molecule has 0 saturated carbocycles. The SMILES string of the molecule is CC(C)C(C)(CN)NC(=O)Cn1cc(Br)c(=O)[nH]c1=O.Cl. The van der Waals surface area contributed by atoms with Gasteiger partial charge in [0, 0.05) is 12.7 Å². The molecule has 1 rings (SSSR count). The fourth-order valence-electron chi connectivity index (χ4n) is 1.54. The van der Waals surface area contributed by atoms with Gasteiger partial charge in [-0.05, 0) is 28.8 Å². The summed E-state index contributed by atoms with van der Waals surface area (Å²) in [5, 5.41) is 2.82. The first-order valence-corrected chi connectivity index (χ1v) is 6.99. The molecule has 1 heterocycles. The average molecular weight is 384 g/mol. The standard InChI is InChI=1S/C12H19BrN4O3.ClH/c1-7(2)12(3,6-14)16-9(18)5-17-4-8(13)10(19)15-11(17)20;/h4,7H,5-6,14H2,1-3H3,(H,16,18)(H,15,19,20);1H. The molecule has 0 radical (unpaired) electrons. The second-order valence-corrected chi connectivity index (χ2v) is 6.04. The Balaban J connectivity index is 0.00000400. The van der Waals surface area contributed by atoms with Crippen molar-refractivity contribution < 1.29 is 4.79 Å². The van der Waals surface area contributed by atoms with Crippen molar-refractivity contribution in [2.24, 2.45) is 11.7 Å². The summed E-state index contributed by atoms with van der Waals surface area (Å²) in [6.45, 7) is 5.87. The van der Waals surface area contributed by atoms with Gasteiger partial charge in [0.25, 0.3) is 5.56 Å². The van der Waals surface area contributed by atoms with Crippen molar-refractivity contribution in [1.82, 2.24) is 14.9 Å². The molecule has 1 atom stereocenters. The van der Waals surface area contributed by atoms with E-state index in [1.54, 1.807) is 0 Å². The number of H-pyrrole nitrogens is 1. The summed E-state index contributed by atoms with van der Waals surface area (Å²) in [6, 6.07) is 0. The molecule has 0 spiro atoms. The number of nitrogens with zero attached hydrogens (tertiary/aromatic N) is 1. The Morgan fingerprint density at radius 3 is 2.57 bits per heavy atom. The van der Waals surface area contributed by atoms with Gasteiger partial charge in [0.15, 0.2) is 0 Å². The molecule has 1 aromatic rings. The highest BCUT2D eigenvalue weighted by atomic mass is 79.9. The van der Waals surface area contributed by atoms with Crippen LogP contribution in [-0.2, 0) is 11.3 Å². The Morgan fingerprint density at radius 2 is 2.10 bits per heavy atom. The van der Waals surface area contributed by atoms with E-state index in [1.165, 1.54) is 6.20 Å². The van der Waals surface area contributed by atoms with Gasteiger partial charge in [-0.2, -0.15) is 0 Å². The Hall–Kier alpha value is -1.12. The van der Waals surface area contributed by atoms with Crippen LogP contribution in [-0.4, -0.2) is 27.5 Å². The van der Waals surface area contributed by atoms with Crippen LogP contribution < -0.4 is 22.3 Å². The molecule has 1 aromatic heterocycles. The summed E-state index contributed by atoms with van der Waals surface area (Å²) in [6.07, 6.45) is 1.29. The number of nitrogens with one attached hydrogen (secondary N) is 2. The fourth-order valence-corrected chi connectivity index (χ4v) is 1.89. The van der Waals surface area contributed by atoms with Crippen LogP contribution >= 0.6 is 28.3 Å². The first kappa shape index (κ1) is 19.9. The molecule has 9 heteroatoms. The van der Waals surface area contributed by atoms with Gasteiger partial charge >= 0.3 is 5.69 Å². The number of amides is 1. The second-order valence-electron chi connectivity index (χ2n) is 5.19. The molecule has 0 bridgehead atoms. The minimum Gasteiger partial charge on any atom is -0.348 e. The maximum atomic E-state index is 12.0. The molecule has 7 nitrogen and oxygen atoms in total. The molecular formula is C12H20BrClN4O3. The van der Waals surface area contributed by atoms with Crippen LogP contribution in [0.4, 0.5) is 0 Å². The Morgan fingerprint density at radius 1 is 1.52 bits per heavy atom. The number of rotatable bonds is 5. The first-order chi connectivity index (χ1) is 9.19. The highest BCUT2D eigenvalue weighted by Crippen LogP contribution is 2.14. The number of aromatic amines is 1. The van der Waals surface area contributed by atoms with Crippen molar-refractivity contribution in [2.75, 3.05) is 6.54 Å². The second kappa shape index (κ2) is 7.77. The Labute approximate surface area is 136 Å². The summed E-state index contributed by atoms with van der Waals surface area (Å²) in [4.78, 5) is 36.9. The molecule has 0 aliphatic rings. The van der Waals surface area contributed by atoms with Crippen molar-refractivity contribution in [3.05, 3.63) is 31.5 Å². The molecule has 0 fully saturated rings. The van der Waals surface area contributed by atoms with Crippen LogP contribution in [0, 0.1) is 5.92 Å². The maximum Gasteiger partial charge on any atom is 0.328 e. The number of halogens is 2. The summed E-state index contributed by atoms with van der Waals surface area (Å²) in [5.41, 5.74) is 3.98. The van der Waals surface area contributed by atoms with Crippen molar-refractivity contribution in [3.8, 4) is 0 Å². The predicted molar refractivity (Wildman–Crippen MR) is 86.7 cm³/mol. The van der Waals surface area contributed by atoms with E-state index in [-0.39, 0.29) is 35.2 Å². The summed E-state index contributed by atoms with van der Waals surface area (Å²) in [7, 11) is 0. The summed E-state index contributed by atoms with van der Waals surface area (Å²) >= 11 is 3.01. The lowest BCUT2D eigenvalue weighted by Crippen LogP contribution is -2.56. The van der Waals surface area contributed by atoms with E-state index in [0.29, 0.717) is 6.54 Å². The van der Waals surface area contributed by atoms with Crippen molar-refractivity contribution >= 4 is 34.2 Å². The van der Waals surface area contributed by atoms with Gasteiger partial charge in [0.05, 0.1) is 10.0 Å². The third-order valence-electron chi connectivity index (χ3n) is 3.40. The lowest BCUT2D eigenvalue weighted by atomic mass is 9.88.